The van der Waals surface area contributed by atoms with E-state index >= 15 is 0 Å². The van der Waals surface area contributed by atoms with Gasteiger partial charge in [0.15, 0.2) is 11.5 Å². The lowest BCUT2D eigenvalue weighted by Gasteiger charge is -2.23. The predicted octanol–water partition coefficient (Wildman–Crippen LogP) is 4.51. The van der Waals surface area contributed by atoms with Gasteiger partial charge in [0.25, 0.3) is 0 Å². The summed E-state index contributed by atoms with van der Waals surface area (Å²) in [5.41, 5.74) is 5.52. The van der Waals surface area contributed by atoms with E-state index in [0.29, 0.717) is 17.2 Å². The summed E-state index contributed by atoms with van der Waals surface area (Å²) in [7, 11) is 3.23. The number of thiazole rings is 1. The lowest BCUT2D eigenvalue weighted by Crippen LogP contribution is -2.23. The van der Waals surface area contributed by atoms with Crippen molar-refractivity contribution < 1.29 is 14.3 Å². The Morgan fingerprint density at radius 1 is 1.14 bits per heavy atom. The molecule has 29 heavy (non-hydrogen) atoms. The molecule has 0 saturated carbocycles. The second-order valence-corrected chi connectivity index (χ2v) is 7.73. The average Bonchev–Trinajstić information content (AvgIpc) is 3.24. The van der Waals surface area contributed by atoms with Crippen LogP contribution in [0.25, 0.3) is 16.3 Å². The molecule has 0 bridgehead atoms. The van der Waals surface area contributed by atoms with Crippen molar-refractivity contribution in [1.29, 1.82) is 0 Å². The highest BCUT2D eigenvalue weighted by molar-refractivity contribution is 7.13. The number of nitrogens with zero attached hydrogens (tertiary/aromatic N) is 1. The van der Waals surface area contributed by atoms with E-state index in [9.17, 15) is 4.79 Å². The van der Waals surface area contributed by atoms with Gasteiger partial charge >= 0.3 is 0 Å². The molecule has 148 valence electrons. The van der Waals surface area contributed by atoms with Crippen LogP contribution in [0.15, 0.2) is 47.9 Å². The van der Waals surface area contributed by atoms with Crippen molar-refractivity contribution in [3.63, 3.8) is 0 Å². The number of nitrogens with one attached hydrogen (secondary N) is 1. The van der Waals surface area contributed by atoms with Crippen molar-refractivity contribution in [2.45, 2.75) is 13.3 Å². The second kappa shape index (κ2) is 8.09. The van der Waals surface area contributed by atoms with Crippen LogP contribution >= 0.6 is 11.3 Å². The number of ether oxygens (including phenoxy) is 2. The summed E-state index contributed by atoms with van der Waals surface area (Å²) >= 11 is 1.48. The van der Waals surface area contributed by atoms with Crippen molar-refractivity contribution in [3.8, 4) is 22.1 Å². The van der Waals surface area contributed by atoms with Crippen molar-refractivity contribution in [2.75, 3.05) is 20.8 Å². The van der Waals surface area contributed by atoms with E-state index in [0.717, 1.165) is 40.4 Å². The lowest BCUT2D eigenvalue weighted by molar-refractivity contribution is 0.104. The quantitative estimate of drug-likeness (QED) is 0.499. The molecule has 0 unspecified atom stereocenters. The van der Waals surface area contributed by atoms with Gasteiger partial charge in [-0.25, -0.2) is 4.98 Å². The van der Waals surface area contributed by atoms with Crippen molar-refractivity contribution in [2.24, 2.45) is 0 Å². The molecular formula is C23H22N2O3S. The van der Waals surface area contributed by atoms with E-state index in [-0.39, 0.29) is 5.78 Å². The van der Waals surface area contributed by atoms with Crippen LogP contribution in [0.2, 0.25) is 0 Å². The number of methoxy groups -OCH3 is 2. The van der Waals surface area contributed by atoms with Crippen molar-refractivity contribution in [1.82, 2.24) is 10.3 Å². The van der Waals surface area contributed by atoms with Crippen LogP contribution in [0.4, 0.5) is 0 Å². The summed E-state index contributed by atoms with van der Waals surface area (Å²) in [6, 6.07) is 12.0. The number of hydrogen-bond acceptors (Lipinski definition) is 6. The molecule has 0 aliphatic carbocycles. The topological polar surface area (TPSA) is 60.5 Å². The fraction of sp³-hybridized carbons (Fsp3) is 0.217. The second-order valence-electron chi connectivity index (χ2n) is 6.87. The molecule has 1 aliphatic rings. The van der Waals surface area contributed by atoms with Gasteiger partial charge in [-0.3, -0.25) is 4.79 Å². The van der Waals surface area contributed by atoms with Gasteiger partial charge < -0.3 is 14.8 Å². The standard InChI is InChI=1S/C23H22N2O3S/c1-14-4-6-15(7-5-14)23-25-19(13-29-23)20(26)12-18-17-11-22(28-3)21(27-2)10-16(17)8-9-24-18/h4-7,10-13,24H,8-9H2,1-3H3. The van der Waals surface area contributed by atoms with E-state index in [1.54, 1.807) is 20.3 Å². The van der Waals surface area contributed by atoms with Gasteiger partial charge in [-0.15, -0.1) is 11.3 Å². The highest BCUT2D eigenvalue weighted by Gasteiger charge is 2.20. The van der Waals surface area contributed by atoms with Crippen LogP contribution in [-0.2, 0) is 6.42 Å². The number of rotatable bonds is 5. The molecular weight excluding hydrogens is 384 g/mol. The SMILES string of the molecule is COc1cc2c(cc1OC)C(=CC(=O)c1csc(-c3ccc(C)cc3)n1)NCC2. The number of ketones is 1. The van der Waals surface area contributed by atoms with Crippen molar-refractivity contribution >= 4 is 22.8 Å². The molecule has 3 aromatic rings. The van der Waals surface area contributed by atoms with Gasteiger partial charge in [0.2, 0.25) is 5.78 Å². The molecule has 0 radical (unpaired) electrons. The first-order chi connectivity index (χ1) is 14.1. The third-order valence-corrected chi connectivity index (χ3v) is 5.83. The summed E-state index contributed by atoms with van der Waals surface area (Å²) in [5.74, 6) is 1.22. The predicted molar refractivity (Wildman–Crippen MR) is 116 cm³/mol. The summed E-state index contributed by atoms with van der Waals surface area (Å²) in [5, 5.41) is 5.98. The molecule has 0 fully saturated rings. The van der Waals surface area contributed by atoms with Gasteiger partial charge in [0, 0.05) is 34.8 Å². The van der Waals surface area contributed by atoms with Gasteiger partial charge in [-0.05, 0) is 31.0 Å². The van der Waals surface area contributed by atoms with Crippen LogP contribution in [0, 0.1) is 6.92 Å². The first-order valence-electron chi connectivity index (χ1n) is 9.37. The maximum atomic E-state index is 12.9. The van der Waals surface area contributed by atoms with Gasteiger partial charge in [-0.1, -0.05) is 29.8 Å². The number of allylic oxidation sites excluding steroid dienone is 1. The number of aryl methyl sites for hydroxylation is 1. The third kappa shape index (κ3) is 3.89. The normalized spacial score (nSPS) is 14.2. The molecule has 2 heterocycles. The Morgan fingerprint density at radius 2 is 1.86 bits per heavy atom. The number of carbonyl (C=O) groups is 1. The Balaban J connectivity index is 1.64. The van der Waals surface area contributed by atoms with E-state index in [1.165, 1.54) is 16.9 Å². The molecule has 2 aromatic carbocycles. The van der Waals surface area contributed by atoms with E-state index in [2.05, 4.69) is 10.3 Å². The minimum absolute atomic E-state index is 0.121. The first kappa shape index (κ1) is 19.2. The Kier molecular flexibility index (Phi) is 5.36. The maximum absolute atomic E-state index is 12.9. The summed E-state index contributed by atoms with van der Waals surface area (Å²) in [4.78, 5) is 17.4. The maximum Gasteiger partial charge on any atom is 0.207 e. The number of benzene rings is 2. The molecule has 5 nitrogen and oxygen atoms in total. The fourth-order valence-electron chi connectivity index (χ4n) is 3.36. The summed E-state index contributed by atoms with van der Waals surface area (Å²) in [6.07, 6.45) is 2.48. The Morgan fingerprint density at radius 3 is 2.59 bits per heavy atom. The minimum atomic E-state index is -0.121. The minimum Gasteiger partial charge on any atom is -0.493 e. The zero-order valence-electron chi connectivity index (χ0n) is 16.6. The van der Waals surface area contributed by atoms with Crippen LogP contribution in [-0.4, -0.2) is 31.5 Å². The Hall–Kier alpha value is -3.12. The average molecular weight is 407 g/mol. The van der Waals surface area contributed by atoms with Crippen LogP contribution in [0.5, 0.6) is 11.5 Å². The zero-order chi connectivity index (χ0) is 20.4. The monoisotopic (exact) mass is 406 g/mol. The molecule has 1 aromatic heterocycles. The van der Waals surface area contributed by atoms with Crippen LogP contribution in [0.1, 0.15) is 27.2 Å². The Bertz CT molecular complexity index is 1080. The largest absolute Gasteiger partial charge is 0.493 e. The highest BCUT2D eigenvalue weighted by atomic mass is 32.1. The van der Waals surface area contributed by atoms with Crippen molar-refractivity contribution in [3.05, 3.63) is 70.2 Å². The zero-order valence-corrected chi connectivity index (χ0v) is 17.4. The number of carbonyl (C=O) groups excluding carboxylic acids is 1. The molecule has 4 rings (SSSR count). The summed E-state index contributed by atoms with van der Waals surface area (Å²) < 4.78 is 10.8. The summed E-state index contributed by atoms with van der Waals surface area (Å²) in [6.45, 7) is 2.81. The van der Waals surface area contributed by atoms with Crippen LogP contribution in [0.3, 0.4) is 0 Å². The molecule has 0 amide bonds. The first-order valence-corrected chi connectivity index (χ1v) is 10.2. The highest BCUT2D eigenvalue weighted by Crippen LogP contribution is 2.35. The fourth-order valence-corrected chi connectivity index (χ4v) is 4.17. The van der Waals surface area contributed by atoms with E-state index in [4.69, 9.17) is 9.47 Å². The number of fused-ring (bicyclic) bond motifs is 1. The molecule has 0 atom stereocenters. The van der Waals surface area contributed by atoms with E-state index < -0.39 is 0 Å². The van der Waals surface area contributed by atoms with Gasteiger partial charge in [0.05, 0.1) is 14.2 Å². The number of hydrogen-bond donors (Lipinski definition) is 1. The van der Waals surface area contributed by atoms with E-state index in [1.807, 2.05) is 48.7 Å². The smallest absolute Gasteiger partial charge is 0.207 e. The Labute approximate surface area is 174 Å². The molecule has 0 spiro atoms. The molecule has 1 N–H and O–H groups in total. The molecule has 6 heteroatoms. The van der Waals surface area contributed by atoms with Gasteiger partial charge in [-0.2, -0.15) is 0 Å². The molecule has 0 saturated heterocycles. The van der Waals surface area contributed by atoms with Gasteiger partial charge in [0.1, 0.15) is 10.7 Å². The number of aromatic nitrogens is 1. The molecule has 1 aliphatic heterocycles. The van der Waals surface area contributed by atoms with Crippen LogP contribution < -0.4 is 14.8 Å². The lowest BCUT2D eigenvalue weighted by atomic mass is 9.96. The third-order valence-electron chi connectivity index (χ3n) is 4.94.